The minimum absolute atomic E-state index is 0.659. The molecule has 1 unspecified atom stereocenters. The topological polar surface area (TPSA) is 186 Å². The average molecular weight is 334 g/mol. The van der Waals surface area contributed by atoms with Gasteiger partial charge in [0.2, 0.25) is 0 Å². The monoisotopic (exact) mass is 334 g/mol. The number of aliphatic hydroxyl groups is 5. The van der Waals surface area contributed by atoms with Crippen LogP contribution >= 0.6 is 7.82 Å². The van der Waals surface area contributed by atoms with Crippen LogP contribution in [0.2, 0.25) is 0 Å². The van der Waals surface area contributed by atoms with E-state index in [1.54, 1.807) is 0 Å². The van der Waals surface area contributed by atoms with Gasteiger partial charge in [0, 0.05) is 0 Å². The molecule has 0 saturated carbocycles. The first-order valence-electron chi connectivity index (χ1n) is 5.96. The molecule has 0 aromatic rings. The number of aliphatic hydroxyl groups excluding tert-OH is 5. The van der Waals surface area contributed by atoms with Crippen LogP contribution in [-0.4, -0.2) is 91.9 Å². The molecule has 126 valence electrons. The van der Waals surface area contributed by atoms with Gasteiger partial charge in [-0.1, -0.05) is 0 Å². The zero-order valence-corrected chi connectivity index (χ0v) is 11.7. The molecule has 0 aromatic heterocycles. The van der Waals surface area contributed by atoms with Crippen molar-refractivity contribution in [1.29, 1.82) is 0 Å². The number of ether oxygens (including phenoxy) is 2. The van der Waals surface area contributed by atoms with Crippen LogP contribution in [0.3, 0.4) is 0 Å². The molecule has 12 heteroatoms. The normalized spacial score (nSPS) is 35.7. The molecule has 1 aliphatic heterocycles. The van der Waals surface area contributed by atoms with Crippen molar-refractivity contribution in [3.8, 4) is 0 Å². The van der Waals surface area contributed by atoms with Gasteiger partial charge in [0.05, 0.1) is 19.8 Å². The maximum Gasteiger partial charge on any atom is 0.469 e. The molecule has 1 rings (SSSR count). The van der Waals surface area contributed by atoms with Gasteiger partial charge in [0.1, 0.15) is 30.5 Å². The minimum Gasteiger partial charge on any atom is -0.394 e. The van der Waals surface area contributed by atoms with E-state index >= 15 is 0 Å². The first-order chi connectivity index (χ1) is 9.69. The van der Waals surface area contributed by atoms with E-state index in [-0.39, 0.29) is 0 Å². The van der Waals surface area contributed by atoms with Crippen molar-refractivity contribution in [2.24, 2.45) is 0 Å². The Morgan fingerprint density at radius 1 is 1.10 bits per heavy atom. The van der Waals surface area contributed by atoms with Gasteiger partial charge < -0.3 is 44.8 Å². The molecule has 0 amide bonds. The first-order valence-corrected chi connectivity index (χ1v) is 7.49. The van der Waals surface area contributed by atoms with Crippen LogP contribution in [0.15, 0.2) is 0 Å². The Kier molecular flexibility index (Phi) is 7.10. The van der Waals surface area contributed by atoms with E-state index in [0.29, 0.717) is 0 Å². The highest BCUT2D eigenvalue weighted by molar-refractivity contribution is 7.46. The van der Waals surface area contributed by atoms with Crippen LogP contribution in [0.1, 0.15) is 0 Å². The molecule has 0 spiro atoms. The molecular formula is C9H19O11P. The molecule has 21 heavy (non-hydrogen) atoms. The SMILES string of the molecule is O=P(O)(O)OCC(CO)O[C@@H]1O[C@H](CO)[C@@H](O)[C@H](O)[C@H]1O. The third-order valence-corrected chi connectivity index (χ3v) is 3.29. The van der Waals surface area contributed by atoms with Crippen LogP contribution in [-0.2, 0) is 18.6 Å². The van der Waals surface area contributed by atoms with Crippen LogP contribution in [0, 0.1) is 0 Å². The second kappa shape index (κ2) is 7.90. The smallest absolute Gasteiger partial charge is 0.394 e. The summed E-state index contributed by atoms with van der Waals surface area (Å²) in [5.41, 5.74) is 0. The van der Waals surface area contributed by atoms with E-state index in [1.165, 1.54) is 0 Å². The van der Waals surface area contributed by atoms with Crippen molar-refractivity contribution in [1.82, 2.24) is 0 Å². The summed E-state index contributed by atoms with van der Waals surface area (Å²) in [4.78, 5) is 17.1. The van der Waals surface area contributed by atoms with Gasteiger partial charge in [-0.05, 0) is 0 Å². The lowest BCUT2D eigenvalue weighted by atomic mass is 9.99. The molecule has 1 heterocycles. The van der Waals surface area contributed by atoms with Crippen LogP contribution in [0.25, 0.3) is 0 Å². The highest BCUT2D eigenvalue weighted by Gasteiger charge is 2.44. The van der Waals surface area contributed by atoms with Gasteiger partial charge in [-0.15, -0.1) is 0 Å². The van der Waals surface area contributed by atoms with Crippen LogP contribution < -0.4 is 0 Å². The zero-order chi connectivity index (χ0) is 16.2. The van der Waals surface area contributed by atoms with Gasteiger partial charge in [0.15, 0.2) is 6.29 Å². The van der Waals surface area contributed by atoms with Crippen LogP contribution in [0.4, 0.5) is 0 Å². The summed E-state index contributed by atoms with van der Waals surface area (Å²) < 4.78 is 24.7. The number of phosphoric acid groups is 1. The highest BCUT2D eigenvalue weighted by atomic mass is 31.2. The molecule has 0 radical (unpaired) electrons. The second-order valence-electron chi connectivity index (χ2n) is 4.42. The maximum atomic E-state index is 10.5. The summed E-state index contributed by atoms with van der Waals surface area (Å²) in [5, 5.41) is 46.7. The Morgan fingerprint density at radius 2 is 1.71 bits per heavy atom. The fourth-order valence-electron chi connectivity index (χ4n) is 1.68. The second-order valence-corrected chi connectivity index (χ2v) is 5.66. The van der Waals surface area contributed by atoms with Crippen molar-refractivity contribution in [3.05, 3.63) is 0 Å². The summed E-state index contributed by atoms with van der Waals surface area (Å²) >= 11 is 0. The number of phosphoric ester groups is 1. The number of hydrogen-bond donors (Lipinski definition) is 7. The maximum absolute atomic E-state index is 10.5. The molecule has 7 N–H and O–H groups in total. The molecule has 1 saturated heterocycles. The first kappa shape index (κ1) is 18.9. The number of hydrogen-bond acceptors (Lipinski definition) is 9. The quantitative estimate of drug-likeness (QED) is 0.227. The van der Waals surface area contributed by atoms with Crippen molar-refractivity contribution < 1.29 is 53.9 Å². The third-order valence-electron chi connectivity index (χ3n) is 2.81. The summed E-state index contributed by atoms with van der Waals surface area (Å²) in [6, 6.07) is 0. The van der Waals surface area contributed by atoms with E-state index in [2.05, 4.69) is 4.52 Å². The molecule has 1 aliphatic rings. The van der Waals surface area contributed by atoms with E-state index in [4.69, 9.17) is 29.5 Å². The molecule has 11 nitrogen and oxygen atoms in total. The Bertz CT molecular complexity index is 358. The summed E-state index contributed by atoms with van der Waals surface area (Å²) in [7, 11) is -4.77. The van der Waals surface area contributed by atoms with Gasteiger partial charge in [-0.3, -0.25) is 4.52 Å². The zero-order valence-electron chi connectivity index (χ0n) is 10.8. The van der Waals surface area contributed by atoms with Gasteiger partial charge in [-0.25, -0.2) is 4.57 Å². The molecule has 6 atom stereocenters. The Hall–Kier alpha value is -0.170. The molecule has 1 fully saturated rings. The Morgan fingerprint density at radius 3 is 2.19 bits per heavy atom. The van der Waals surface area contributed by atoms with E-state index < -0.39 is 64.5 Å². The van der Waals surface area contributed by atoms with Gasteiger partial charge >= 0.3 is 7.82 Å². The van der Waals surface area contributed by atoms with Gasteiger partial charge in [0.25, 0.3) is 0 Å². The van der Waals surface area contributed by atoms with Crippen molar-refractivity contribution in [3.63, 3.8) is 0 Å². The van der Waals surface area contributed by atoms with E-state index in [1.807, 2.05) is 0 Å². The predicted octanol–water partition coefficient (Wildman–Crippen LogP) is -3.73. The third kappa shape index (κ3) is 5.51. The van der Waals surface area contributed by atoms with Crippen molar-refractivity contribution in [2.45, 2.75) is 36.8 Å². The lowest BCUT2D eigenvalue weighted by molar-refractivity contribution is -0.314. The van der Waals surface area contributed by atoms with Gasteiger partial charge in [-0.2, -0.15) is 0 Å². The molecule has 0 aliphatic carbocycles. The fraction of sp³-hybridized carbons (Fsp3) is 1.00. The summed E-state index contributed by atoms with van der Waals surface area (Å²) in [6.07, 6.45) is -8.91. The average Bonchev–Trinajstić information content (AvgIpc) is 2.42. The molecule has 0 aromatic carbocycles. The Labute approximate surface area is 119 Å². The largest absolute Gasteiger partial charge is 0.469 e. The minimum atomic E-state index is -4.77. The predicted molar refractivity (Wildman–Crippen MR) is 63.7 cm³/mol. The lowest BCUT2D eigenvalue weighted by Gasteiger charge is -2.40. The van der Waals surface area contributed by atoms with Crippen molar-refractivity contribution in [2.75, 3.05) is 19.8 Å². The number of rotatable bonds is 7. The van der Waals surface area contributed by atoms with Crippen LogP contribution in [0.5, 0.6) is 0 Å². The summed E-state index contributed by atoms with van der Waals surface area (Å²) in [5.74, 6) is 0. The standard InChI is InChI=1S/C9H19O11P/c10-1-4(3-18-21(15,16)17)19-9-8(14)7(13)6(12)5(2-11)20-9/h4-14H,1-3H2,(H2,15,16,17)/t4?,5-,6-,7+,8-,9-/m1/s1. The van der Waals surface area contributed by atoms with Crippen molar-refractivity contribution >= 4 is 7.82 Å². The van der Waals surface area contributed by atoms with E-state index in [9.17, 15) is 19.9 Å². The fourth-order valence-corrected chi connectivity index (χ4v) is 2.05. The Balaban J connectivity index is 2.63. The molecular weight excluding hydrogens is 315 g/mol. The molecule has 0 bridgehead atoms. The van der Waals surface area contributed by atoms with E-state index in [0.717, 1.165) is 0 Å². The lowest BCUT2D eigenvalue weighted by Crippen LogP contribution is -2.60. The summed E-state index contributed by atoms with van der Waals surface area (Å²) in [6.45, 7) is -2.07. The highest BCUT2D eigenvalue weighted by Crippen LogP contribution is 2.36.